The second-order valence-electron chi connectivity index (χ2n) is 2.85. The molecule has 0 radical (unpaired) electrons. The van der Waals surface area contributed by atoms with Gasteiger partial charge in [-0.2, -0.15) is 5.26 Å². The summed E-state index contributed by atoms with van der Waals surface area (Å²) in [5, 5.41) is 19.3. The first-order chi connectivity index (χ1) is 7.61. The van der Waals surface area contributed by atoms with Gasteiger partial charge in [0, 0.05) is 17.8 Å². The van der Waals surface area contributed by atoms with E-state index in [-0.39, 0.29) is 0 Å². The van der Waals surface area contributed by atoms with Gasteiger partial charge in [-0.05, 0) is 24.3 Å². The second-order valence-corrected chi connectivity index (χ2v) is 2.85. The number of nitrogens with one attached hydrogen (secondary N) is 1. The number of hydrogen-bond donors (Lipinski definition) is 2. The van der Waals surface area contributed by atoms with Crippen molar-refractivity contribution in [2.45, 2.75) is 0 Å². The molecule has 5 nitrogen and oxygen atoms in total. The predicted molar refractivity (Wildman–Crippen MR) is 56.6 cm³/mol. The van der Waals surface area contributed by atoms with Gasteiger partial charge < -0.3 is 10.4 Å². The molecule has 0 aromatic heterocycles. The third-order valence-corrected chi connectivity index (χ3v) is 1.66. The fourth-order valence-electron chi connectivity index (χ4n) is 0.959. The molecule has 2 N–H and O–H groups in total. The molecule has 5 heteroatoms. The van der Waals surface area contributed by atoms with Crippen LogP contribution in [-0.4, -0.2) is 17.0 Å². The fraction of sp³-hybridized carbons (Fsp3) is 0. The maximum absolute atomic E-state index is 11.1. The van der Waals surface area contributed by atoms with Gasteiger partial charge in [0.15, 0.2) is 0 Å². The van der Waals surface area contributed by atoms with E-state index < -0.39 is 11.9 Å². The minimum absolute atomic E-state index is 0.485. The van der Waals surface area contributed by atoms with E-state index in [1.807, 2.05) is 6.07 Å². The van der Waals surface area contributed by atoms with Gasteiger partial charge in [0.05, 0.1) is 11.6 Å². The van der Waals surface area contributed by atoms with Gasteiger partial charge in [-0.15, -0.1) is 0 Å². The molecule has 0 unspecified atom stereocenters. The molecule has 0 aliphatic heterocycles. The van der Waals surface area contributed by atoms with Crippen molar-refractivity contribution in [3.63, 3.8) is 0 Å². The first-order valence-electron chi connectivity index (χ1n) is 4.34. The summed E-state index contributed by atoms with van der Waals surface area (Å²) in [6.45, 7) is 0. The van der Waals surface area contributed by atoms with Crippen molar-refractivity contribution in [1.82, 2.24) is 0 Å². The molecule has 0 aliphatic carbocycles. The van der Waals surface area contributed by atoms with Crippen LogP contribution in [0.15, 0.2) is 36.4 Å². The lowest BCUT2D eigenvalue weighted by atomic mass is 10.2. The Kier molecular flexibility index (Phi) is 3.81. The number of benzene rings is 1. The minimum Gasteiger partial charge on any atom is -0.478 e. The molecule has 0 heterocycles. The van der Waals surface area contributed by atoms with Crippen molar-refractivity contribution in [3.8, 4) is 6.07 Å². The number of anilines is 1. The normalized spacial score (nSPS) is 9.69. The number of carbonyl (C=O) groups excluding carboxylic acids is 1. The summed E-state index contributed by atoms with van der Waals surface area (Å²) in [6, 6.07) is 8.17. The Bertz CT molecular complexity index is 469. The van der Waals surface area contributed by atoms with E-state index >= 15 is 0 Å². The minimum atomic E-state index is -1.19. The largest absolute Gasteiger partial charge is 0.478 e. The van der Waals surface area contributed by atoms with E-state index in [9.17, 15) is 9.59 Å². The van der Waals surface area contributed by atoms with Crippen LogP contribution in [0, 0.1) is 11.3 Å². The Morgan fingerprint density at radius 1 is 1.25 bits per heavy atom. The summed E-state index contributed by atoms with van der Waals surface area (Å²) in [7, 11) is 0. The standard InChI is InChI=1S/C11H8N2O3/c12-7-8-1-3-9(4-2-8)13-10(14)5-6-11(15)16/h1-6H,(H,13,14)(H,15,16)/b6-5-. The van der Waals surface area contributed by atoms with E-state index in [1.165, 1.54) is 0 Å². The molecule has 1 amide bonds. The lowest BCUT2D eigenvalue weighted by Crippen LogP contribution is -2.08. The number of hydrogen-bond acceptors (Lipinski definition) is 3. The number of amides is 1. The highest BCUT2D eigenvalue weighted by Crippen LogP contribution is 2.08. The topological polar surface area (TPSA) is 90.2 Å². The molecule has 0 bridgehead atoms. The summed E-state index contributed by atoms with van der Waals surface area (Å²) >= 11 is 0. The smallest absolute Gasteiger partial charge is 0.328 e. The lowest BCUT2D eigenvalue weighted by molar-refractivity contribution is -0.131. The van der Waals surface area contributed by atoms with Gasteiger partial charge in [0.2, 0.25) is 5.91 Å². The lowest BCUT2D eigenvalue weighted by Gasteiger charge is -2.00. The molecule has 1 aromatic rings. The van der Waals surface area contributed by atoms with E-state index in [2.05, 4.69) is 5.32 Å². The Hall–Kier alpha value is -2.61. The molecular formula is C11H8N2O3. The van der Waals surface area contributed by atoms with Gasteiger partial charge in [-0.3, -0.25) is 4.79 Å². The third-order valence-electron chi connectivity index (χ3n) is 1.66. The zero-order chi connectivity index (χ0) is 12.0. The summed E-state index contributed by atoms with van der Waals surface area (Å²) in [5.74, 6) is -1.72. The summed E-state index contributed by atoms with van der Waals surface area (Å²) in [4.78, 5) is 21.3. The van der Waals surface area contributed by atoms with E-state index in [0.29, 0.717) is 11.3 Å². The first-order valence-corrected chi connectivity index (χ1v) is 4.34. The molecule has 0 aliphatic rings. The van der Waals surface area contributed by atoms with Crippen molar-refractivity contribution < 1.29 is 14.7 Å². The van der Waals surface area contributed by atoms with Crippen molar-refractivity contribution in [1.29, 1.82) is 5.26 Å². The van der Waals surface area contributed by atoms with Crippen LogP contribution in [-0.2, 0) is 9.59 Å². The van der Waals surface area contributed by atoms with Crippen LogP contribution in [0.25, 0.3) is 0 Å². The summed E-state index contributed by atoms with van der Waals surface area (Å²) in [6.07, 6.45) is 1.67. The average molecular weight is 216 g/mol. The second kappa shape index (κ2) is 5.32. The van der Waals surface area contributed by atoms with Crippen molar-refractivity contribution in [3.05, 3.63) is 42.0 Å². The van der Waals surface area contributed by atoms with Crippen LogP contribution in [0.5, 0.6) is 0 Å². The molecular weight excluding hydrogens is 208 g/mol. The van der Waals surface area contributed by atoms with Crippen molar-refractivity contribution in [2.24, 2.45) is 0 Å². The van der Waals surface area contributed by atoms with Gasteiger partial charge >= 0.3 is 5.97 Å². The Balaban J connectivity index is 2.64. The van der Waals surface area contributed by atoms with Crippen molar-refractivity contribution >= 4 is 17.6 Å². The molecule has 1 aromatic carbocycles. The van der Waals surface area contributed by atoms with Crippen LogP contribution in [0.4, 0.5) is 5.69 Å². The van der Waals surface area contributed by atoms with Crippen LogP contribution in [0.2, 0.25) is 0 Å². The number of rotatable bonds is 3. The van der Waals surface area contributed by atoms with Crippen LogP contribution in [0.1, 0.15) is 5.56 Å². The summed E-state index contributed by atoms with van der Waals surface area (Å²) in [5.41, 5.74) is 0.984. The predicted octanol–water partition coefficient (Wildman–Crippen LogP) is 1.14. The quantitative estimate of drug-likeness (QED) is 0.741. The SMILES string of the molecule is N#Cc1ccc(NC(=O)/C=C\C(=O)O)cc1. The third kappa shape index (κ3) is 3.64. The maximum Gasteiger partial charge on any atom is 0.328 e. The highest BCUT2D eigenvalue weighted by molar-refractivity contribution is 6.02. The zero-order valence-corrected chi connectivity index (χ0v) is 8.18. The van der Waals surface area contributed by atoms with Gasteiger partial charge in [0.1, 0.15) is 0 Å². The number of carboxylic acid groups (broad SMARTS) is 1. The van der Waals surface area contributed by atoms with Gasteiger partial charge in [-0.25, -0.2) is 4.79 Å². The Morgan fingerprint density at radius 3 is 2.38 bits per heavy atom. The number of nitriles is 1. The van der Waals surface area contributed by atoms with Gasteiger partial charge in [0.25, 0.3) is 0 Å². The molecule has 0 saturated heterocycles. The van der Waals surface area contributed by atoms with E-state index in [4.69, 9.17) is 10.4 Å². The molecule has 0 fully saturated rings. The average Bonchev–Trinajstić information content (AvgIpc) is 2.27. The molecule has 1 rings (SSSR count). The van der Waals surface area contributed by atoms with Gasteiger partial charge in [-0.1, -0.05) is 0 Å². The molecule has 80 valence electrons. The van der Waals surface area contributed by atoms with Crippen LogP contribution < -0.4 is 5.32 Å². The molecule has 0 spiro atoms. The first kappa shape index (κ1) is 11.5. The monoisotopic (exact) mass is 216 g/mol. The maximum atomic E-state index is 11.1. The molecule has 16 heavy (non-hydrogen) atoms. The Morgan fingerprint density at radius 2 is 1.88 bits per heavy atom. The molecule has 0 saturated carbocycles. The van der Waals surface area contributed by atoms with E-state index in [1.54, 1.807) is 24.3 Å². The van der Waals surface area contributed by atoms with Crippen molar-refractivity contribution in [2.75, 3.05) is 5.32 Å². The number of nitrogens with zero attached hydrogens (tertiary/aromatic N) is 1. The summed E-state index contributed by atoms with van der Waals surface area (Å²) < 4.78 is 0. The number of aliphatic carboxylic acids is 1. The number of carbonyl (C=O) groups is 2. The highest BCUT2D eigenvalue weighted by atomic mass is 16.4. The number of carboxylic acids is 1. The fourth-order valence-corrected chi connectivity index (χ4v) is 0.959. The van der Waals surface area contributed by atoms with E-state index in [0.717, 1.165) is 12.2 Å². The van der Waals surface area contributed by atoms with Crippen LogP contribution in [0.3, 0.4) is 0 Å². The van der Waals surface area contributed by atoms with Crippen LogP contribution >= 0.6 is 0 Å². The zero-order valence-electron chi connectivity index (χ0n) is 8.18. The Labute approximate surface area is 91.6 Å². The molecule has 0 atom stereocenters. The highest BCUT2D eigenvalue weighted by Gasteiger charge is 1.98.